The molecule has 0 radical (unpaired) electrons. The molecule has 1 aromatic heterocycles. The first-order chi connectivity index (χ1) is 7.24. The number of carbonyl (C=O) groups excluding carboxylic acids is 1. The van der Waals surface area contributed by atoms with Crippen LogP contribution in [-0.4, -0.2) is 29.0 Å². The van der Waals surface area contributed by atoms with Crippen molar-refractivity contribution >= 4 is 5.91 Å². The van der Waals surface area contributed by atoms with E-state index in [-0.39, 0.29) is 18.1 Å². The molecule has 0 aromatic carbocycles. The van der Waals surface area contributed by atoms with E-state index in [4.69, 9.17) is 5.53 Å². The lowest BCUT2D eigenvalue weighted by atomic mass is 10.4. The summed E-state index contributed by atoms with van der Waals surface area (Å²) in [6.07, 6.45) is 2.95. The van der Waals surface area contributed by atoms with Crippen LogP contribution in [0.1, 0.15) is 16.2 Å². The van der Waals surface area contributed by atoms with Crippen LogP contribution in [0.2, 0.25) is 0 Å². The number of azide groups is 1. The minimum atomic E-state index is -0.320. The van der Waals surface area contributed by atoms with E-state index >= 15 is 0 Å². The standard InChI is InChI=1S/C8H10N6O/c1-6-4-10-5-7(13-6)8(15)11-2-3-12-14-9/h4-5H,2-3H2,1H3,(H,11,15). The maximum absolute atomic E-state index is 11.4. The van der Waals surface area contributed by atoms with Gasteiger partial charge in [-0.05, 0) is 12.5 Å². The zero-order valence-corrected chi connectivity index (χ0v) is 8.21. The summed E-state index contributed by atoms with van der Waals surface area (Å²) >= 11 is 0. The van der Waals surface area contributed by atoms with E-state index in [9.17, 15) is 4.79 Å². The predicted octanol–water partition coefficient (Wildman–Crippen LogP) is 0.825. The van der Waals surface area contributed by atoms with Gasteiger partial charge in [-0.3, -0.25) is 9.78 Å². The Bertz CT molecular complexity index is 398. The molecule has 1 amide bonds. The highest BCUT2D eigenvalue weighted by Gasteiger charge is 2.05. The summed E-state index contributed by atoms with van der Waals surface area (Å²) in [5, 5.41) is 5.84. The fraction of sp³-hybridized carbons (Fsp3) is 0.375. The Labute approximate surface area is 86.2 Å². The number of rotatable bonds is 4. The fourth-order valence-corrected chi connectivity index (χ4v) is 0.928. The van der Waals surface area contributed by atoms with Gasteiger partial charge in [-0.1, -0.05) is 5.11 Å². The number of hydrogen-bond donors (Lipinski definition) is 1. The summed E-state index contributed by atoms with van der Waals surface area (Å²) in [5.41, 5.74) is 8.95. The third-order valence-electron chi connectivity index (χ3n) is 1.55. The van der Waals surface area contributed by atoms with Crippen LogP contribution >= 0.6 is 0 Å². The van der Waals surface area contributed by atoms with Crippen LogP contribution in [0.15, 0.2) is 17.5 Å². The molecular weight excluding hydrogens is 196 g/mol. The van der Waals surface area contributed by atoms with Crippen LogP contribution in [-0.2, 0) is 0 Å². The minimum Gasteiger partial charge on any atom is -0.351 e. The van der Waals surface area contributed by atoms with Gasteiger partial charge in [0.05, 0.1) is 11.9 Å². The van der Waals surface area contributed by atoms with Gasteiger partial charge in [0.15, 0.2) is 0 Å². The van der Waals surface area contributed by atoms with E-state index in [2.05, 4.69) is 25.3 Å². The molecule has 0 aliphatic rings. The molecule has 0 bridgehead atoms. The Morgan fingerprint density at radius 3 is 3.13 bits per heavy atom. The second-order valence-electron chi connectivity index (χ2n) is 2.76. The van der Waals surface area contributed by atoms with E-state index < -0.39 is 0 Å². The molecule has 1 N–H and O–H groups in total. The number of amides is 1. The van der Waals surface area contributed by atoms with E-state index in [1.807, 2.05) is 0 Å². The van der Waals surface area contributed by atoms with Crippen molar-refractivity contribution in [1.82, 2.24) is 15.3 Å². The number of nitrogens with one attached hydrogen (secondary N) is 1. The van der Waals surface area contributed by atoms with E-state index in [0.29, 0.717) is 12.2 Å². The summed E-state index contributed by atoms with van der Waals surface area (Å²) in [6, 6.07) is 0. The van der Waals surface area contributed by atoms with Gasteiger partial charge in [0.1, 0.15) is 5.69 Å². The lowest BCUT2D eigenvalue weighted by Gasteiger charge is -2.01. The summed E-state index contributed by atoms with van der Waals surface area (Å²) < 4.78 is 0. The molecule has 0 atom stereocenters. The molecule has 7 heteroatoms. The van der Waals surface area contributed by atoms with Crippen molar-refractivity contribution in [3.05, 3.63) is 34.2 Å². The number of nitrogens with zero attached hydrogens (tertiary/aromatic N) is 5. The van der Waals surface area contributed by atoms with E-state index in [0.717, 1.165) is 0 Å². The molecule has 0 fully saturated rings. The highest BCUT2D eigenvalue weighted by atomic mass is 16.1. The molecule has 0 spiro atoms. The molecule has 0 saturated heterocycles. The predicted molar refractivity (Wildman–Crippen MR) is 53.1 cm³/mol. The third-order valence-corrected chi connectivity index (χ3v) is 1.55. The van der Waals surface area contributed by atoms with Gasteiger partial charge in [-0.15, -0.1) is 0 Å². The van der Waals surface area contributed by atoms with Gasteiger partial charge in [-0.2, -0.15) is 0 Å². The number of aromatic nitrogens is 2. The average Bonchev–Trinajstić information content (AvgIpc) is 2.24. The molecule has 1 heterocycles. The topological polar surface area (TPSA) is 104 Å². The Morgan fingerprint density at radius 1 is 1.67 bits per heavy atom. The van der Waals surface area contributed by atoms with Gasteiger partial charge < -0.3 is 5.32 Å². The molecule has 0 aliphatic carbocycles. The summed E-state index contributed by atoms with van der Waals surface area (Å²) in [7, 11) is 0. The molecular formula is C8H10N6O. The van der Waals surface area contributed by atoms with Gasteiger partial charge in [0.2, 0.25) is 0 Å². The third kappa shape index (κ3) is 3.61. The molecule has 7 nitrogen and oxygen atoms in total. The number of aryl methyl sites for hydroxylation is 1. The Hall–Kier alpha value is -2.14. The molecule has 0 aliphatic heterocycles. The van der Waals surface area contributed by atoms with Crippen LogP contribution in [0.3, 0.4) is 0 Å². The van der Waals surface area contributed by atoms with Crippen molar-refractivity contribution < 1.29 is 4.79 Å². The summed E-state index contributed by atoms with van der Waals surface area (Å²) in [5.74, 6) is -0.320. The Balaban J connectivity index is 2.50. The normalized spacial score (nSPS) is 9.13. The molecule has 15 heavy (non-hydrogen) atoms. The second kappa shape index (κ2) is 5.56. The number of hydrogen-bond acceptors (Lipinski definition) is 4. The number of carbonyl (C=O) groups is 1. The first kappa shape index (κ1) is 10.9. The summed E-state index contributed by atoms with van der Waals surface area (Å²) in [4.78, 5) is 21.8. The first-order valence-electron chi connectivity index (χ1n) is 4.31. The molecule has 0 saturated carbocycles. The quantitative estimate of drug-likeness (QED) is 0.341. The highest BCUT2D eigenvalue weighted by Crippen LogP contribution is 1.94. The maximum Gasteiger partial charge on any atom is 0.271 e. The van der Waals surface area contributed by atoms with Crippen molar-refractivity contribution in [2.75, 3.05) is 13.1 Å². The van der Waals surface area contributed by atoms with Gasteiger partial charge >= 0.3 is 0 Å². The highest BCUT2D eigenvalue weighted by molar-refractivity contribution is 5.91. The van der Waals surface area contributed by atoms with Crippen LogP contribution in [0.5, 0.6) is 0 Å². The van der Waals surface area contributed by atoms with Crippen molar-refractivity contribution in [3.8, 4) is 0 Å². The van der Waals surface area contributed by atoms with Crippen LogP contribution < -0.4 is 5.32 Å². The van der Waals surface area contributed by atoms with Crippen molar-refractivity contribution in [1.29, 1.82) is 0 Å². The molecule has 1 aromatic rings. The van der Waals surface area contributed by atoms with Crippen molar-refractivity contribution in [2.24, 2.45) is 5.11 Å². The lowest BCUT2D eigenvalue weighted by Crippen LogP contribution is -2.27. The van der Waals surface area contributed by atoms with Gasteiger partial charge in [-0.25, -0.2) is 4.98 Å². The van der Waals surface area contributed by atoms with E-state index in [1.54, 1.807) is 13.1 Å². The van der Waals surface area contributed by atoms with Gasteiger partial charge in [0, 0.05) is 24.2 Å². The first-order valence-corrected chi connectivity index (χ1v) is 4.31. The fourth-order valence-electron chi connectivity index (χ4n) is 0.928. The Morgan fingerprint density at radius 2 is 2.47 bits per heavy atom. The van der Waals surface area contributed by atoms with Crippen molar-refractivity contribution in [3.63, 3.8) is 0 Å². The molecule has 0 unspecified atom stereocenters. The molecule has 1 rings (SSSR count). The minimum absolute atomic E-state index is 0.224. The monoisotopic (exact) mass is 206 g/mol. The lowest BCUT2D eigenvalue weighted by molar-refractivity contribution is 0.0949. The zero-order chi connectivity index (χ0) is 11.1. The van der Waals surface area contributed by atoms with Gasteiger partial charge in [0.25, 0.3) is 5.91 Å². The van der Waals surface area contributed by atoms with Crippen molar-refractivity contribution in [2.45, 2.75) is 6.92 Å². The Kier molecular flexibility index (Phi) is 4.05. The largest absolute Gasteiger partial charge is 0.351 e. The smallest absolute Gasteiger partial charge is 0.271 e. The molecule has 78 valence electrons. The second-order valence-corrected chi connectivity index (χ2v) is 2.76. The van der Waals surface area contributed by atoms with Crippen LogP contribution in [0.25, 0.3) is 10.4 Å². The van der Waals surface area contributed by atoms with E-state index in [1.165, 1.54) is 6.20 Å². The average molecular weight is 206 g/mol. The zero-order valence-electron chi connectivity index (χ0n) is 8.21. The maximum atomic E-state index is 11.4. The summed E-state index contributed by atoms with van der Waals surface area (Å²) in [6.45, 7) is 2.27. The van der Waals surface area contributed by atoms with Crippen LogP contribution in [0, 0.1) is 6.92 Å². The SMILES string of the molecule is Cc1cncc(C(=O)NCCN=[N+]=[N-])n1. The van der Waals surface area contributed by atoms with Crippen LogP contribution in [0.4, 0.5) is 0 Å².